The zero-order valence-electron chi connectivity index (χ0n) is 19.5. The van der Waals surface area contributed by atoms with Crippen LogP contribution in [0.15, 0.2) is 30.5 Å². The minimum Gasteiger partial charge on any atom is -0.488 e. The second kappa shape index (κ2) is 9.93. The molecular weight excluding hydrogens is 442 g/mol. The fourth-order valence-electron chi connectivity index (χ4n) is 3.27. The lowest BCUT2D eigenvalue weighted by Gasteiger charge is -2.33. The highest BCUT2D eigenvalue weighted by Gasteiger charge is 2.35. The highest BCUT2D eigenvalue weighted by atomic mass is 19.4. The van der Waals surface area contributed by atoms with Crippen molar-refractivity contribution in [1.82, 2.24) is 15.3 Å². The summed E-state index contributed by atoms with van der Waals surface area (Å²) in [4.78, 5) is 18.9. The molecule has 1 atom stereocenters. The average molecular weight is 471 g/mol. The summed E-state index contributed by atoms with van der Waals surface area (Å²) in [6.45, 7) is 10.9. The molecule has 0 fully saturated rings. The maximum absolute atomic E-state index is 14.7. The second-order valence-corrected chi connectivity index (χ2v) is 9.48. The molecule has 0 spiro atoms. The maximum Gasteiger partial charge on any atom is 0.451 e. The first-order valence-electron chi connectivity index (χ1n) is 10.4. The van der Waals surface area contributed by atoms with Crippen LogP contribution < -0.4 is 10.1 Å². The smallest absolute Gasteiger partial charge is 0.451 e. The highest BCUT2D eigenvalue weighted by molar-refractivity contribution is 5.68. The molecule has 33 heavy (non-hydrogen) atoms. The van der Waals surface area contributed by atoms with Gasteiger partial charge in [0.2, 0.25) is 5.82 Å². The minimum absolute atomic E-state index is 0.0492. The van der Waals surface area contributed by atoms with Gasteiger partial charge in [-0.1, -0.05) is 13.8 Å². The van der Waals surface area contributed by atoms with Crippen molar-refractivity contribution in [2.45, 2.75) is 65.3 Å². The maximum atomic E-state index is 14.7. The first-order chi connectivity index (χ1) is 15.1. The van der Waals surface area contributed by atoms with Gasteiger partial charge in [0.05, 0.1) is 11.2 Å². The lowest BCUT2D eigenvalue weighted by atomic mass is 9.91. The Morgan fingerprint density at radius 3 is 2.33 bits per heavy atom. The zero-order chi connectivity index (χ0) is 25.0. The first kappa shape index (κ1) is 26.3. The third-order valence-corrected chi connectivity index (χ3v) is 4.34. The van der Waals surface area contributed by atoms with E-state index >= 15 is 0 Å². The molecule has 0 saturated carbocycles. The number of aromatic nitrogens is 2. The van der Waals surface area contributed by atoms with Gasteiger partial charge in [0.15, 0.2) is 11.6 Å². The average Bonchev–Trinajstić information content (AvgIpc) is 2.64. The largest absolute Gasteiger partial charge is 0.488 e. The molecule has 0 radical (unpaired) electrons. The number of carbonyl (C=O) groups is 1. The van der Waals surface area contributed by atoms with E-state index in [1.165, 1.54) is 18.2 Å². The molecule has 1 amide bonds. The summed E-state index contributed by atoms with van der Waals surface area (Å²) in [7, 11) is 0. The van der Waals surface area contributed by atoms with Crippen LogP contribution in [0.1, 0.15) is 53.8 Å². The Kier molecular flexibility index (Phi) is 7.92. The molecule has 1 aromatic carbocycles. The SMILES string of the molecule is CC(C)CC(C)(COc1ccc(-c2ccnc(C(F)(F)F)n2)cc1F)NC(=O)OC(C)(C)C. The standard InChI is InChI=1S/C23H29F4N3O3/c1-14(2)12-22(6,30-20(31)33-21(3,4)5)13-32-18-8-7-15(11-16(18)24)17-9-10-28-19(29-17)23(25,26)27/h7-11,14H,12-13H2,1-6H3,(H,30,31). The van der Waals surface area contributed by atoms with Crippen molar-refractivity contribution >= 4 is 6.09 Å². The van der Waals surface area contributed by atoms with Crippen LogP contribution in [-0.4, -0.2) is 33.8 Å². The summed E-state index contributed by atoms with van der Waals surface area (Å²) < 4.78 is 64.2. The van der Waals surface area contributed by atoms with Gasteiger partial charge in [-0.3, -0.25) is 0 Å². The van der Waals surface area contributed by atoms with E-state index in [0.29, 0.717) is 6.42 Å². The van der Waals surface area contributed by atoms with E-state index in [0.717, 1.165) is 12.3 Å². The van der Waals surface area contributed by atoms with Gasteiger partial charge in [-0.05, 0) is 64.3 Å². The molecule has 1 heterocycles. The lowest BCUT2D eigenvalue weighted by Crippen LogP contribution is -2.52. The summed E-state index contributed by atoms with van der Waals surface area (Å²) in [5.41, 5.74) is -1.46. The van der Waals surface area contributed by atoms with Gasteiger partial charge >= 0.3 is 12.3 Å². The fourth-order valence-corrected chi connectivity index (χ4v) is 3.27. The van der Waals surface area contributed by atoms with Crippen molar-refractivity contribution in [2.24, 2.45) is 5.92 Å². The second-order valence-electron chi connectivity index (χ2n) is 9.48. The Balaban J connectivity index is 2.18. The third-order valence-electron chi connectivity index (χ3n) is 4.34. The van der Waals surface area contributed by atoms with E-state index < -0.39 is 35.1 Å². The Bertz CT molecular complexity index is 974. The van der Waals surface area contributed by atoms with E-state index in [4.69, 9.17) is 9.47 Å². The number of carbonyl (C=O) groups excluding carboxylic acids is 1. The number of halogens is 4. The molecule has 0 saturated heterocycles. The molecule has 1 N–H and O–H groups in total. The van der Waals surface area contributed by atoms with Gasteiger partial charge in [0.25, 0.3) is 0 Å². The number of hydrogen-bond donors (Lipinski definition) is 1. The van der Waals surface area contributed by atoms with Crippen LogP contribution >= 0.6 is 0 Å². The van der Waals surface area contributed by atoms with Crippen LogP contribution in [0.25, 0.3) is 11.3 Å². The molecule has 0 aliphatic carbocycles. The summed E-state index contributed by atoms with van der Waals surface area (Å²) in [5, 5.41) is 2.80. The van der Waals surface area contributed by atoms with E-state index in [9.17, 15) is 22.4 Å². The molecule has 182 valence electrons. The van der Waals surface area contributed by atoms with Crippen molar-refractivity contribution in [3.8, 4) is 17.0 Å². The number of alkyl halides is 3. The zero-order valence-corrected chi connectivity index (χ0v) is 19.5. The van der Waals surface area contributed by atoms with Gasteiger partial charge in [0.1, 0.15) is 12.2 Å². The van der Waals surface area contributed by atoms with Crippen molar-refractivity contribution < 1.29 is 31.8 Å². The summed E-state index contributed by atoms with van der Waals surface area (Å²) >= 11 is 0. The number of benzene rings is 1. The molecule has 2 rings (SSSR count). The number of alkyl carbamates (subject to hydrolysis) is 1. The Hall–Kier alpha value is -2.91. The number of nitrogens with zero attached hydrogens (tertiary/aromatic N) is 2. The van der Waals surface area contributed by atoms with Crippen molar-refractivity contribution in [2.75, 3.05) is 6.61 Å². The van der Waals surface area contributed by atoms with Crippen molar-refractivity contribution in [1.29, 1.82) is 0 Å². The number of ether oxygens (including phenoxy) is 2. The van der Waals surface area contributed by atoms with Crippen LogP contribution in [0.3, 0.4) is 0 Å². The van der Waals surface area contributed by atoms with Crippen LogP contribution in [-0.2, 0) is 10.9 Å². The summed E-state index contributed by atoms with van der Waals surface area (Å²) in [6.07, 6.45) is -3.82. The molecule has 0 aliphatic heterocycles. The van der Waals surface area contributed by atoms with Gasteiger partial charge in [0, 0.05) is 11.8 Å². The molecule has 10 heteroatoms. The quantitative estimate of drug-likeness (QED) is 0.501. The topological polar surface area (TPSA) is 73.3 Å². The molecule has 0 bridgehead atoms. The number of nitrogens with one attached hydrogen (secondary N) is 1. The van der Waals surface area contributed by atoms with Gasteiger partial charge in [-0.15, -0.1) is 0 Å². The summed E-state index contributed by atoms with van der Waals surface area (Å²) in [6, 6.07) is 5.01. The van der Waals surface area contributed by atoms with Gasteiger partial charge < -0.3 is 14.8 Å². The molecule has 6 nitrogen and oxygen atoms in total. The van der Waals surface area contributed by atoms with Crippen molar-refractivity contribution in [3.63, 3.8) is 0 Å². The van der Waals surface area contributed by atoms with E-state index in [2.05, 4.69) is 15.3 Å². The third kappa shape index (κ3) is 8.18. The molecule has 0 aliphatic rings. The van der Waals surface area contributed by atoms with E-state index in [1.54, 1.807) is 27.7 Å². The molecular formula is C23H29F4N3O3. The predicted octanol–water partition coefficient (Wildman–Crippen LogP) is 6.01. The molecule has 1 aromatic heterocycles. The number of amides is 1. The van der Waals surface area contributed by atoms with Gasteiger partial charge in [-0.2, -0.15) is 13.2 Å². The fraction of sp³-hybridized carbons (Fsp3) is 0.522. The monoisotopic (exact) mass is 471 g/mol. The van der Waals surface area contributed by atoms with E-state index in [1.807, 2.05) is 13.8 Å². The lowest BCUT2D eigenvalue weighted by molar-refractivity contribution is -0.144. The van der Waals surface area contributed by atoms with Crippen molar-refractivity contribution in [3.05, 3.63) is 42.1 Å². The summed E-state index contributed by atoms with van der Waals surface area (Å²) in [5.74, 6) is -1.99. The van der Waals surface area contributed by atoms with Crippen LogP contribution in [0.4, 0.5) is 22.4 Å². The Labute approximate surface area is 190 Å². The molecule has 1 unspecified atom stereocenters. The van der Waals surface area contributed by atoms with Crippen LogP contribution in [0, 0.1) is 11.7 Å². The Morgan fingerprint density at radius 1 is 1.12 bits per heavy atom. The normalized spacial score (nSPS) is 14.0. The predicted molar refractivity (Wildman–Crippen MR) is 115 cm³/mol. The van der Waals surface area contributed by atoms with E-state index in [-0.39, 0.29) is 29.5 Å². The minimum atomic E-state index is -4.71. The first-order valence-corrected chi connectivity index (χ1v) is 10.4. The Morgan fingerprint density at radius 2 is 1.79 bits per heavy atom. The molecule has 2 aromatic rings. The highest BCUT2D eigenvalue weighted by Crippen LogP contribution is 2.30. The van der Waals surface area contributed by atoms with Gasteiger partial charge in [-0.25, -0.2) is 19.2 Å². The number of hydrogen-bond acceptors (Lipinski definition) is 5. The number of rotatable bonds is 7. The van der Waals surface area contributed by atoms with Crippen LogP contribution in [0.2, 0.25) is 0 Å². The van der Waals surface area contributed by atoms with Crippen LogP contribution in [0.5, 0.6) is 5.75 Å².